The Balaban J connectivity index is 1.02. The van der Waals surface area contributed by atoms with E-state index in [0.29, 0.717) is 0 Å². The lowest BCUT2D eigenvalue weighted by atomic mass is 9.62. The molecule has 0 unspecified atom stereocenters. The molecule has 0 atom stereocenters. The molecule has 2 aliphatic heterocycles. The number of anilines is 8. The number of hydrogen-bond donors (Lipinski definition) is 0. The van der Waals surface area contributed by atoms with E-state index in [4.69, 9.17) is 4.42 Å². The maximum absolute atomic E-state index is 6.76. The van der Waals surface area contributed by atoms with Crippen molar-refractivity contribution in [2.75, 3.05) is 19.2 Å². The molecule has 0 spiro atoms. The van der Waals surface area contributed by atoms with Gasteiger partial charge in [-0.05, 0) is 88.4 Å². The summed E-state index contributed by atoms with van der Waals surface area (Å²) in [6.45, 7) is -0.283. The number of rotatable bonds is 6. The Morgan fingerprint density at radius 3 is 1.41 bits per heavy atom. The molecule has 0 aliphatic carbocycles. The van der Waals surface area contributed by atoms with Crippen LogP contribution in [-0.4, -0.2) is 14.0 Å². The van der Waals surface area contributed by atoms with Gasteiger partial charge >= 0.3 is 14.0 Å². The van der Waals surface area contributed by atoms with E-state index >= 15 is 0 Å². The molecule has 2 aliphatic rings. The lowest BCUT2D eigenvalue weighted by molar-refractivity contribution is 0.628. The van der Waals surface area contributed by atoms with Crippen molar-refractivity contribution in [3.8, 4) is 0 Å². The zero-order valence-electron chi connectivity index (χ0n) is 31.4. The molecule has 5 nitrogen and oxygen atoms in total. The quantitative estimate of drug-likeness (QED) is 0.157. The molecule has 0 saturated carbocycles. The monoisotopic (exact) mass is 760 g/mol. The number of benzene rings is 8. The van der Waals surface area contributed by atoms with Crippen LogP contribution in [0.25, 0.3) is 31.8 Å². The maximum Gasteiger partial charge on any atom is 0.423 e. The fourth-order valence-corrected chi connectivity index (χ4v) is 10.4. The number of para-hydroxylation sites is 5. The van der Waals surface area contributed by atoms with Crippen LogP contribution < -0.4 is 30.2 Å². The van der Waals surface area contributed by atoms with Gasteiger partial charge in [0.15, 0.2) is 0 Å². The van der Waals surface area contributed by atoms with E-state index in [9.17, 15) is 0 Å². The zero-order valence-corrected chi connectivity index (χ0v) is 32.2. The van der Waals surface area contributed by atoms with Crippen LogP contribution in [0.1, 0.15) is 0 Å². The molecular weight excluding hydrogens is 726 g/mol. The van der Waals surface area contributed by atoms with Crippen LogP contribution in [0.4, 0.5) is 45.0 Å². The summed E-state index contributed by atoms with van der Waals surface area (Å²) in [4.78, 5) is 9.87. The Hall–Kier alpha value is -7.15. The minimum Gasteiger partial charge on any atom is -0.439 e. The summed E-state index contributed by atoms with van der Waals surface area (Å²) in [6.07, 6.45) is 0. The summed E-state index contributed by atoms with van der Waals surface area (Å²) < 4.78 is 8.04. The predicted octanol–water partition coefficient (Wildman–Crippen LogP) is 12.2. The van der Waals surface area contributed by atoms with Crippen LogP contribution in [0.3, 0.4) is 0 Å². The second kappa shape index (κ2) is 13.2. The Labute approximate surface area is 341 Å². The molecule has 8 aromatic carbocycles. The molecule has 0 amide bonds. The fourth-order valence-electron chi connectivity index (χ4n) is 9.14. The van der Waals surface area contributed by atoms with Gasteiger partial charge in [-0.25, -0.2) is 0 Å². The summed E-state index contributed by atoms with van der Waals surface area (Å²) in [6, 6.07) is 74.2. The van der Waals surface area contributed by atoms with Gasteiger partial charge < -0.3 is 23.7 Å². The second-order valence-corrected chi connectivity index (χ2v) is 16.0. The van der Waals surface area contributed by atoms with E-state index in [-0.39, 0.29) is 14.0 Å². The van der Waals surface area contributed by atoms with Crippen molar-refractivity contribution < 1.29 is 4.42 Å². The molecule has 8 heteroatoms. The molecule has 4 heterocycles. The highest BCUT2D eigenvalue weighted by molar-refractivity contribution is 7.25. The largest absolute Gasteiger partial charge is 0.439 e. The van der Waals surface area contributed by atoms with Crippen LogP contribution in [0.2, 0.25) is 0 Å². The van der Waals surface area contributed by atoms with Gasteiger partial charge in [0, 0.05) is 38.2 Å². The fraction of sp³-hybridized carbons (Fsp3) is 0. The van der Waals surface area contributed by atoms with Crippen molar-refractivity contribution in [2.45, 2.75) is 0 Å². The third-order valence-corrected chi connectivity index (χ3v) is 12.8. The first kappa shape index (κ1) is 33.0. The SMILES string of the molecule is c1ccc(N2B(c3ccc4cc(B5N(c6ccccc6)c6sc7ccccc7c6N5c5ccccc5)ccc4c3)N(c3ccccc3)c3c2oc2ccccc32)cc1. The maximum atomic E-state index is 6.76. The van der Waals surface area contributed by atoms with E-state index in [2.05, 4.69) is 219 Å². The highest BCUT2D eigenvalue weighted by Gasteiger charge is 2.48. The molecule has 272 valence electrons. The van der Waals surface area contributed by atoms with Crippen molar-refractivity contribution in [2.24, 2.45) is 0 Å². The topological polar surface area (TPSA) is 26.1 Å². The Kier molecular flexibility index (Phi) is 7.53. The lowest BCUT2D eigenvalue weighted by Crippen LogP contribution is -2.53. The molecule has 2 aromatic heterocycles. The van der Waals surface area contributed by atoms with Crippen molar-refractivity contribution in [3.05, 3.63) is 206 Å². The van der Waals surface area contributed by atoms with Gasteiger partial charge in [-0.3, -0.25) is 0 Å². The molecule has 10 aromatic rings. The first-order valence-corrected chi connectivity index (χ1v) is 20.6. The van der Waals surface area contributed by atoms with Gasteiger partial charge in [-0.1, -0.05) is 140 Å². The predicted molar refractivity (Wildman–Crippen MR) is 247 cm³/mol. The number of hydrogen-bond acceptors (Lipinski definition) is 6. The van der Waals surface area contributed by atoms with Gasteiger partial charge in [-0.2, -0.15) is 0 Å². The van der Waals surface area contributed by atoms with E-state index in [1.165, 1.54) is 53.8 Å². The Morgan fingerprint density at radius 2 is 0.828 bits per heavy atom. The van der Waals surface area contributed by atoms with E-state index in [0.717, 1.165) is 33.9 Å². The molecule has 0 N–H and O–H groups in total. The normalized spacial score (nSPS) is 13.7. The third kappa shape index (κ3) is 5.05. The van der Waals surface area contributed by atoms with Crippen LogP contribution in [0.5, 0.6) is 0 Å². The van der Waals surface area contributed by atoms with Crippen molar-refractivity contribution >= 4 is 113 Å². The summed E-state index contributed by atoms with van der Waals surface area (Å²) in [5.74, 6) is 0.847. The van der Waals surface area contributed by atoms with Gasteiger partial charge in [-0.15, -0.1) is 11.3 Å². The van der Waals surface area contributed by atoms with Crippen LogP contribution >= 0.6 is 11.3 Å². The molecule has 0 bridgehead atoms. The summed E-state index contributed by atoms with van der Waals surface area (Å²) in [5, 5.41) is 6.00. The van der Waals surface area contributed by atoms with E-state index in [1.807, 2.05) is 17.4 Å². The van der Waals surface area contributed by atoms with Crippen LogP contribution in [0, 0.1) is 0 Å². The highest BCUT2D eigenvalue weighted by Crippen LogP contribution is 2.55. The zero-order chi connectivity index (χ0) is 38.2. The first-order chi connectivity index (χ1) is 28.8. The Bertz CT molecular complexity index is 2910. The lowest BCUT2D eigenvalue weighted by Gasteiger charge is -2.31. The van der Waals surface area contributed by atoms with Crippen LogP contribution in [0.15, 0.2) is 211 Å². The minimum atomic E-state index is -0.187. The van der Waals surface area contributed by atoms with Gasteiger partial charge in [0.1, 0.15) is 16.3 Å². The molecule has 0 radical (unpaired) electrons. The minimum absolute atomic E-state index is 0.0962. The number of furan rings is 1. The van der Waals surface area contributed by atoms with E-state index in [1.54, 1.807) is 0 Å². The smallest absolute Gasteiger partial charge is 0.423 e. The Morgan fingerprint density at radius 1 is 0.379 bits per heavy atom. The molecule has 12 rings (SSSR count). The van der Waals surface area contributed by atoms with Gasteiger partial charge in [0.25, 0.3) is 0 Å². The standard InChI is InChI=1S/C50H34B2N4OS/c1-5-17-39(18-6-1)53-47-43-25-13-15-27-45(43)57-49(47)55(41-21-9-3-10-22-41)51(53)37-31-29-36-34-38(32-30-35(36)33-37)52-54(40-19-7-2-8-20-40)48-44-26-14-16-28-46(44)58-50(48)56(52)42-23-11-4-12-24-42/h1-34H. The molecule has 58 heavy (non-hydrogen) atoms. The molecule has 0 fully saturated rings. The summed E-state index contributed by atoms with van der Waals surface area (Å²) in [7, 11) is 0. The number of fused-ring (bicyclic) bond motifs is 7. The molecule has 0 saturated heterocycles. The van der Waals surface area contributed by atoms with Crippen LogP contribution in [-0.2, 0) is 0 Å². The number of thiophene rings is 1. The van der Waals surface area contributed by atoms with Crippen molar-refractivity contribution in [1.29, 1.82) is 0 Å². The average molecular weight is 761 g/mol. The van der Waals surface area contributed by atoms with E-state index < -0.39 is 0 Å². The summed E-state index contributed by atoms with van der Waals surface area (Å²) >= 11 is 1.87. The molecular formula is C50H34B2N4OS. The van der Waals surface area contributed by atoms with Gasteiger partial charge in [0.05, 0.1) is 5.69 Å². The summed E-state index contributed by atoms with van der Waals surface area (Å²) in [5.41, 5.74) is 10.1. The first-order valence-electron chi connectivity index (χ1n) is 19.7. The second-order valence-electron chi connectivity index (χ2n) is 14.9. The third-order valence-electron chi connectivity index (χ3n) is 11.6. The van der Waals surface area contributed by atoms with Gasteiger partial charge in [0.2, 0.25) is 5.88 Å². The van der Waals surface area contributed by atoms with Crippen molar-refractivity contribution in [1.82, 2.24) is 0 Å². The van der Waals surface area contributed by atoms with Crippen molar-refractivity contribution in [3.63, 3.8) is 0 Å². The average Bonchev–Trinajstić information content (AvgIpc) is 4.04. The number of nitrogens with zero attached hydrogens (tertiary/aromatic N) is 4. The highest BCUT2D eigenvalue weighted by atomic mass is 32.1.